The highest BCUT2D eigenvalue weighted by Crippen LogP contribution is 2.17. The van der Waals surface area contributed by atoms with Gasteiger partial charge in [-0.3, -0.25) is 9.59 Å². The molecule has 0 aromatic heterocycles. The Kier molecular flexibility index (Phi) is 41.4. The second kappa shape index (κ2) is 43.2. The zero-order chi connectivity index (χ0) is 41.9. The molecule has 9 heteroatoms. The number of hydrogen-bond donors (Lipinski definition) is 2. The molecule has 0 radical (unpaired) electrons. The molecule has 0 fully saturated rings. The number of aryl methyl sites for hydroxylation is 2. The minimum atomic E-state index is -0.215. The van der Waals surface area contributed by atoms with Crippen molar-refractivity contribution in [2.24, 2.45) is 0 Å². The van der Waals surface area contributed by atoms with Gasteiger partial charge in [0.25, 0.3) is 0 Å². The number of aliphatic hydroxyl groups is 1. The minimum Gasteiger partial charge on any atom is -0.508 e. The first-order valence-electron chi connectivity index (χ1n) is 22.3. The molecule has 0 bridgehead atoms. The summed E-state index contributed by atoms with van der Waals surface area (Å²) < 4.78 is 15.0. The molecule has 0 saturated heterocycles. The van der Waals surface area contributed by atoms with Gasteiger partial charge in [0.1, 0.15) is 11.5 Å². The number of ether oxygens (including phenoxy) is 3. The maximum atomic E-state index is 11.2. The number of rotatable bonds is 34. The van der Waals surface area contributed by atoms with Gasteiger partial charge in [0, 0.05) is 24.3 Å². The van der Waals surface area contributed by atoms with Gasteiger partial charge in [-0.25, -0.2) is 0 Å². The molecule has 2 rings (SSSR count). The Morgan fingerprint density at radius 2 is 0.877 bits per heavy atom. The third kappa shape index (κ3) is 38.9. The van der Waals surface area contributed by atoms with Crippen LogP contribution in [-0.4, -0.2) is 72.6 Å². The van der Waals surface area contributed by atoms with Gasteiger partial charge in [0.05, 0.1) is 27.4 Å². The molecule has 0 amide bonds. The number of aliphatic hydroxyl groups excluding tert-OH is 1. The molecule has 0 aliphatic rings. The molecule has 0 unspecified atom stereocenters. The minimum absolute atomic E-state index is 0.167. The molecule has 328 valence electrons. The molecule has 2 aromatic rings. The van der Waals surface area contributed by atoms with E-state index < -0.39 is 0 Å². The van der Waals surface area contributed by atoms with Crippen LogP contribution in [-0.2, 0) is 31.9 Å². The number of benzene rings is 2. The molecular formula is C48H82O7S2. The first kappa shape index (κ1) is 54.6. The highest BCUT2D eigenvalue weighted by molar-refractivity contribution is 7.99. The van der Waals surface area contributed by atoms with Gasteiger partial charge in [-0.05, 0) is 72.6 Å². The summed E-state index contributed by atoms with van der Waals surface area (Å²) in [6.45, 7) is 5.64. The lowest BCUT2D eigenvalue weighted by Crippen LogP contribution is -2.02. The SMILES string of the molecule is CCCCCCCCCCCCSCCO.CCCCCCCCCCCCSCCOc1ccc(CCC(=O)OC)cc1.COC(=O)CCc1ccc(O)cc1. The van der Waals surface area contributed by atoms with E-state index in [1.807, 2.05) is 47.8 Å². The van der Waals surface area contributed by atoms with Crippen LogP contribution in [0.4, 0.5) is 0 Å². The third-order valence-electron chi connectivity index (χ3n) is 9.57. The zero-order valence-electron chi connectivity index (χ0n) is 36.6. The van der Waals surface area contributed by atoms with E-state index >= 15 is 0 Å². The fourth-order valence-electron chi connectivity index (χ4n) is 5.98. The van der Waals surface area contributed by atoms with E-state index in [9.17, 15) is 9.59 Å². The van der Waals surface area contributed by atoms with Gasteiger partial charge in [0.15, 0.2) is 0 Å². The quantitative estimate of drug-likeness (QED) is 0.0527. The number of phenolic OH excluding ortho intramolecular Hbond substituents is 1. The number of hydrogen-bond acceptors (Lipinski definition) is 9. The summed E-state index contributed by atoms with van der Waals surface area (Å²) in [5, 5.41) is 17.6. The number of unbranched alkanes of at least 4 members (excludes halogenated alkanes) is 18. The van der Waals surface area contributed by atoms with Crippen LogP contribution in [0.1, 0.15) is 166 Å². The maximum Gasteiger partial charge on any atom is 0.305 e. The summed E-state index contributed by atoms with van der Waals surface area (Å²) in [5.41, 5.74) is 2.15. The number of thioether (sulfide) groups is 2. The Hall–Kier alpha value is -2.36. The Balaban J connectivity index is 0.000000911. The molecule has 7 nitrogen and oxygen atoms in total. The van der Waals surface area contributed by atoms with Gasteiger partial charge in [0.2, 0.25) is 0 Å². The van der Waals surface area contributed by atoms with Crippen molar-refractivity contribution >= 4 is 35.5 Å². The summed E-state index contributed by atoms with van der Waals surface area (Å²) in [6.07, 6.45) is 30.2. The molecule has 57 heavy (non-hydrogen) atoms. The summed E-state index contributed by atoms with van der Waals surface area (Å²) in [7, 11) is 2.80. The number of carbonyl (C=O) groups is 2. The Labute approximate surface area is 357 Å². The molecule has 0 aliphatic heterocycles. The first-order chi connectivity index (χ1) is 27.9. The van der Waals surface area contributed by atoms with Gasteiger partial charge in [-0.15, -0.1) is 0 Å². The lowest BCUT2D eigenvalue weighted by Gasteiger charge is -2.07. The summed E-state index contributed by atoms with van der Waals surface area (Å²) in [5.74, 6) is 5.19. The molecule has 2 N–H and O–H groups in total. The van der Waals surface area contributed by atoms with Crippen LogP contribution in [0.2, 0.25) is 0 Å². The van der Waals surface area contributed by atoms with Crippen molar-refractivity contribution in [3.8, 4) is 11.5 Å². The first-order valence-corrected chi connectivity index (χ1v) is 24.6. The van der Waals surface area contributed by atoms with Crippen molar-refractivity contribution in [2.75, 3.05) is 50.4 Å². The predicted molar refractivity (Wildman–Crippen MR) is 246 cm³/mol. The van der Waals surface area contributed by atoms with Crippen LogP contribution in [0.3, 0.4) is 0 Å². The number of methoxy groups -OCH3 is 2. The van der Waals surface area contributed by atoms with Crippen molar-refractivity contribution in [1.29, 1.82) is 0 Å². The van der Waals surface area contributed by atoms with Crippen molar-refractivity contribution in [2.45, 2.75) is 168 Å². The third-order valence-corrected chi connectivity index (χ3v) is 11.6. The molecule has 2 aromatic carbocycles. The molecule has 0 spiro atoms. The second-order valence-electron chi connectivity index (χ2n) is 14.6. The fraction of sp³-hybridized carbons (Fsp3) is 0.708. The van der Waals surface area contributed by atoms with Crippen LogP contribution in [0.5, 0.6) is 11.5 Å². The molecule has 0 aliphatic carbocycles. The largest absolute Gasteiger partial charge is 0.508 e. The zero-order valence-corrected chi connectivity index (χ0v) is 38.2. The van der Waals surface area contributed by atoms with Crippen molar-refractivity contribution in [1.82, 2.24) is 0 Å². The van der Waals surface area contributed by atoms with E-state index in [1.165, 1.54) is 154 Å². The Morgan fingerprint density at radius 3 is 1.26 bits per heavy atom. The second-order valence-corrected chi connectivity index (χ2v) is 17.1. The van der Waals surface area contributed by atoms with Crippen LogP contribution < -0.4 is 4.74 Å². The van der Waals surface area contributed by atoms with Crippen LogP contribution in [0, 0.1) is 0 Å². The van der Waals surface area contributed by atoms with E-state index in [-0.39, 0.29) is 17.7 Å². The maximum absolute atomic E-state index is 11.2. The summed E-state index contributed by atoms with van der Waals surface area (Å²) in [4.78, 5) is 21.9. The number of esters is 2. The van der Waals surface area contributed by atoms with E-state index in [2.05, 4.69) is 23.3 Å². The lowest BCUT2D eigenvalue weighted by molar-refractivity contribution is -0.141. The fourth-order valence-corrected chi connectivity index (χ4v) is 7.54. The molecule has 0 saturated carbocycles. The van der Waals surface area contributed by atoms with E-state index in [4.69, 9.17) is 14.9 Å². The van der Waals surface area contributed by atoms with E-state index in [0.717, 1.165) is 35.0 Å². The van der Waals surface area contributed by atoms with Crippen molar-refractivity contribution in [3.05, 3.63) is 59.7 Å². The monoisotopic (exact) mass is 835 g/mol. The number of carbonyl (C=O) groups excluding carboxylic acids is 2. The van der Waals surface area contributed by atoms with Gasteiger partial charge < -0.3 is 24.4 Å². The normalized spacial score (nSPS) is 10.5. The average Bonchev–Trinajstić information content (AvgIpc) is 3.23. The van der Waals surface area contributed by atoms with Gasteiger partial charge >= 0.3 is 11.9 Å². The van der Waals surface area contributed by atoms with Crippen LogP contribution in [0.25, 0.3) is 0 Å². The van der Waals surface area contributed by atoms with Gasteiger partial charge in [-0.2, -0.15) is 23.5 Å². The average molecular weight is 835 g/mol. The Bertz CT molecular complexity index is 1130. The number of phenols is 1. The summed E-state index contributed by atoms with van der Waals surface area (Å²) >= 11 is 3.87. The van der Waals surface area contributed by atoms with E-state index in [0.29, 0.717) is 32.3 Å². The molecule has 0 atom stereocenters. The summed E-state index contributed by atoms with van der Waals surface area (Å²) in [6, 6.07) is 14.8. The Morgan fingerprint density at radius 1 is 0.509 bits per heavy atom. The van der Waals surface area contributed by atoms with Crippen molar-refractivity contribution in [3.63, 3.8) is 0 Å². The highest BCUT2D eigenvalue weighted by Gasteiger charge is 2.03. The predicted octanol–water partition coefficient (Wildman–Crippen LogP) is 13.0. The number of aromatic hydroxyl groups is 1. The topological polar surface area (TPSA) is 102 Å². The van der Waals surface area contributed by atoms with Gasteiger partial charge in [-0.1, -0.05) is 154 Å². The smallest absolute Gasteiger partial charge is 0.305 e. The lowest BCUT2D eigenvalue weighted by atomic mass is 10.1. The highest BCUT2D eigenvalue weighted by atomic mass is 32.2. The molecule has 0 heterocycles. The van der Waals surface area contributed by atoms with Crippen LogP contribution in [0.15, 0.2) is 48.5 Å². The van der Waals surface area contributed by atoms with Crippen LogP contribution >= 0.6 is 23.5 Å². The standard InChI is InChI=1S/C24H40O3S.C14H30OS.C10H12O3/c1-3-4-5-6-7-8-9-10-11-12-20-28-21-19-27-23-16-13-22(14-17-23)15-18-24(25)26-2;1-2-3-4-5-6-7-8-9-10-11-13-16-14-12-15;1-13-10(12)7-4-8-2-5-9(11)6-3-8/h13-14,16-17H,3-12,15,18-21H2,1-2H3;15H,2-14H2,1H3;2-3,5-6,11H,4,7H2,1H3. The van der Waals surface area contributed by atoms with E-state index in [1.54, 1.807) is 24.3 Å². The molecular weight excluding hydrogens is 753 g/mol. The van der Waals surface area contributed by atoms with Crippen molar-refractivity contribution < 1.29 is 34.0 Å².